The lowest BCUT2D eigenvalue weighted by Gasteiger charge is -2.14. The smallest absolute Gasteiger partial charge is 0.481 e. The molecule has 1 aliphatic heterocycles. The van der Waals surface area contributed by atoms with Crippen LogP contribution in [-0.4, -0.2) is 59.7 Å². The zero-order chi connectivity index (χ0) is 27.3. The van der Waals surface area contributed by atoms with Gasteiger partial charge in [0, 0.05) is 38.4 Å². The van der Waals surface area contributed by atoms with Crippen molar-refractivity contribution in [2.45, 2.75) is 57.0 Å². The number of benzene rings is 1. The standard InChI is InChI=1S/C24H31N3O3.C2HF3O2/c28-23(10-6-14-26-22-9-2-1-5-13-25-22)27-17-18-11-12-19-7-3-4-8-21(19)20(15-18)16-24(29)30;3-2(4,5)1(6)7/h3-4,7-8,11-12,15,20H,1-2,5-6,9-10,13-14,16-17H2,(H,25,26)(H,27,28)(H,29,30);(H,6,7). The first-order valence-corrected chi connectivity index (χ1v) is 12.1. The SMILES string of the molecule is O=C(O)C(F)(F)F.O=C(O)CC1C=C(CNC(=O)CCCNC2=NCCCCC2)C=Cc2ccccc21. The molecule has 1 aliphatic carbocycles. The Morgan fingerprint density at radius 3 is 2.49 bits per heavy atom. The van der Waals surface area contributed by atoms with E-state index >= 15 is 0 Å². The Balaban J connectivity index is 0.000000604. The van der Waals surface area contributed by atoms with Crippen LogP contribution in [-0.2, 0) is 14.4 Å². The number of nitrogens with one attached hydrogen (secondary N) is 2. The maximum atomic E-state index is 12.2. The summed E-state index contributed by atoms with van der Waals surface area (Å²) in [4.78, 5) is 37.0. The van der Waals surface area contributed by atoms with Gasteiger partial charge in [-0.3, -0.25) is 14.6 Å². The van der Waals surface area contributed by atoms with Gasteiger partial charge in [0.1, 0.15) is 0 Å². The van der Waals surface area contributed by atoms with E-state index in [1.54, 1.807) is 0 Å². The number of aliphatic imine (C=N–C) groups is 1. The Hall–Kier alpha value is -3.63. The molecule has 0 saturated carbocycles. The van der Waals surface area contributed by atoms with E-state index in [1.165, 1.54) is 12.8 Å². The number of hydrogen-bond acceptors (Lipinski definition) is 5. The average molecular weight is 524 g/mol. The number of amides is 1. The molecule has 0 saturated heterocycles. The number of allylic oxidation sites excluding steroid dienone is 1. The normalized spacial score (nSPS) is 17.0. The molecule has 1 heterocycles. The van der Waals surface area contributed by atoms with Crippen LogP contribution in [0.1, 0.15) is 62.0 Å². The average Bonchev–Trinajstić information content (AvgIpc) is 3.20. The third-order valence-electron chi connectivity index (χ3n) is 5.70. The minimum Gasteiger partial charge on any atom is -0.481 e. The van der Waals surface area contributed by atoms with Gasteiger partial charge >= 0.3 is 18.1 Å². The number of carboxylic acids is 2. The predicted octanol–water partition coefficient (Wildman–Crippen LogP) is 4.29. The first-order valence-electron chi connectivity index (χ1n) is 12.1. The molecule has 0 spiro atoms. The highest BCUT2D eigenvalue weighted by Crippen LogP contribution is 2.30. The fourth-order valence-electron chi connectivity index (χ4n) is 3.86. The van der Waals surface area contributed by atoms with Crippen molar-refractivity contribution in [2.75, 3.05) is 19.6 Å². The lowest BCUT2D eigenvalue weighted by Crippen LogP contribution is -2.28. The van der Waals surface area contributed by atoms with Crippen LogP contribution in [0.15, 0.2) is 47.0 Å². The van der Waals surface area contributed by atoms with Crippen LogP contribution in [0.25, 0.3) is 6.08 Å². The number of amidine groups is 1. The molecular formula is C26H32F3N3O5. The molecule has 1 atom stereocenters. The number of carbonyl (C=O) groups excluding carboxylic acids is 1. The lowest BCUT2D eigenvalue weighted by molar-refractivity contribution is -0.192. The van der Waals surface area contributed by atoms with E-state index in [4.69, 9.17) is 9.90 Å². The summed E-state index contributed by atoms with van der Waals surface area (Å²) in [6, 6.07) is 7.83. The number of carbonyl (C=O) groups is 3. The Morgan fingerprint density at radius 1 is 1.05 bits per heavy atom. The van der Waals surface area contributed by atoms with Crippen LogP contribution in [0.4, 0.5) is 13.2 Å². The zero-order valence-corrected chi connectivity index (χ0v) is 20.4. The molecule has 2 aliphatic rings. The highest BCUT2D eigenvalue weighted by molar-refractivity contribution is 5.82. The zero-order valence-electron chi connectivity index (χ0n) is 20.4. The van der Waals surface area contributed by atoms with E-state index < -0.39 is 18.1 Å². The van der Waals surface area contributed by atoms with Crippen molar-refractivity contribution in [1.29, 1.82) is 0 Å². The van der Waals surface area contributed by atoms with Crippen LogP contribution in [0.3, 0.4) is 0 Å². The molecule has 202 valence electrons. The van der Waals surface area contributed by atoms with Crippen LogP contribution in [0, 0.1) is 0 Å². The molecule has 11 heteroatoms. The molecule has 0 radical (unpaired) electrons. The van der Waals surface area contributed by atoms with Crippen LogP contribution in [0.5, 0.6) is 0 Å². The largest absolute Gasteiger partial charge is 0.490 e. The summed E-state index contributed by atoms with van der Waals surface area (Å²) < 4.78 is 31.7. The third-order valence-corrected chi connectivity index (χ3v) is 5.70. The Labute approximate surface area is 213 Å². The number of hydrogen-bond donors (Lipinski definition) is 4. The van der Waals surface area contributed by atoms with Crippen molar-refractivity contribution in [3.63, 3.8) is 0 Å². The van der Waals surface area contributed by atoms with Gasteiger partial charge in [0.25, 0.3) is 0 Å². The summed E-state index contributed by atoms with van der Waals surface area (Å²) >= 11 is 0. The summed E-state index contributed by atoms with van der Waals surface area (Å²) in [6.07, 6.45) is 6.67. The Morgan fingerprint density at radius 2 is 1.78 bits per heavy atom. The van der Waals surface area contributed by atoms with Gasteiger partial charge < -0.3 is 20.8 Å². The van der Waals surface area contributed by atoms with E-state index in [2.05, 4.69) is 15.6 Å². The van der Waals surface area contributed by atoms with Gasteiger partial charge in [0.2, 0.25) is 5.91 Å². The van der Waals surface area contributed by atoms with E-state index in [9.17, 15) is 27.9 Å². The molecule has 0 fully saturated rings. The van der Waals surface area contributed by atoms with Gasteiger partial charge in [-0.1, -0.05) is 48.9 Å². The van der Waals surface area contributed by atoms with Crippen LogP contribution < -0.4 is 10.6 Å². The highest BCUT2D eigenvalue weighted by atomic mass is 19.4. The molecule has 1 amide bonds. The second-order valence-corrected chi connectivity index (χ2v) is 8.66. The van der Waals surface area contributed by atoms with E-state index in [1.807, 2.05) is 42.5 Å². The van der Waals surface area contributed by atoms with E-state index in [0.29, 0.717) is 13.0 Å². The van der Waals surface area contributed by atoms with Crippen molar-refractivity contribution in [2.24, 2.45) is 4.99 Å². The molecule has 1 unspecified atom stereocenters. The number of nitrogens with zero attached hydrogens (tertiary/aromatic N) is 1. The van der Waals surface area contributed by atoms with Gasteiger partial charge in [0.05, 0.1) is 12.3 Å². The summed E-state index contributed by atoms with van der Waals surface area (Å²) in [5.74, 6) is -2.71. The Kier molecular flexibility index (Phi) is 11.9. The Bertz CT molecular complexity index is 1030. The summed E-state index contributed by atoms with van der Waals surface area (Å²) in [6.45, 7) is 2.06. The molecule has 1 aromatic rings. The summed E-state index contributed by atoms with van der Waals surface area (Å²) in [7, 11) is 0. The maximum absolute atomic E-state index is 12.2. The number of halogens is 3. The molecule has 37 heavy (non-hydrogen) atoms. The number of fused-ring (bicyclic) bond motifs is 1. The van der Waals surface area contributed by atoms with E-state index in [-0.39, 0.29) is 18.2 Å². The van der Waals surface area contributed by atoms with E-state index in [0.717, 1.165) is 54.9 Å². The van der Waals surface area contributed by atoms with Crippen molar-refractivity contribution in [1.82, 2.24) is 10.6 Å². The number of carboxylic acid groups (broad SMARTS) is 2. The fourth-order valence-corrected chi connectivity index (χ4v) is 3.86. The van der Waals surface area contributed by atoms with Crippen molar-refractivity contribution >= 4 is 29.8 Å². The molecule has 3 rings (SSSR count). The minimum atomic E-state index is -5.08. The van der Waals surface area contributed by atoms with Crippen molar-refractivity contribution in [3.05, 3.63) is 53.1 Å². The quantitative estimate of drug-likeness (QED) is 0.377. The van der Waals surface area contributed by atoms with Gasteiger partial charge in [-0.05, 0) is 36.0 Å². The second-order valence-electron chi connectivity index (χ2n) is 8.66. The fraction of sp³-hybridized carbons (Fsp3) is 0.462. The lowest BCUT2D eigenvalue weighted by atomic mass is 9.91. The molecule has 8 nitrogen and oxygen atoms in total. The monoisotopic (exact) mass is 523 g/mol. The highest BCUT2D eigenvalue weighted by Gasteiger charge is 2.38. The van der Waals surface area contributed by atoms with Gasteiger partial charge in [0.15, 0.2) is 0 Å². The van der Waals surface area contributed by atoms with Gasteiger partial charge in [-0.25, -0.2) is 4.79 Å². The van der Waals surface area contributed by atoms with Crippen LogP contribution >= 0.6 is 0 Å². The number of alkyl halides is 3. The minimum absolute atomic E-state index is 0.00505. The van der Waals surface area contributed by atoms with Crippen LogP contribution in [0.2, 0.25) is 0 Å². The first kappa shape index (κ1) is 29.6. The molecule has 4 N–H and O–H groups in total. The third kappa shape index (κ3) is 11.3. The maximum Gasteiger partial charge on any atom is 0.490 e. The van der Waals surface area contributed by atoms with Gasteiger partial charge in [-0.15, -0.1) is 0 Å². The van der Waals surface area contributed by atoms with Crippen molar-refractivity contribution < 1.29 is 37.8 Å². The first-order chi connectivity index (χ1) is 17.6. The molecule has 0 bridgehead atoms. The summed E-state index contributed by atoms with van der Waals surface area (Å²) in [5, 5.41) is 22.7. The molecular weight excluding hydrogens is 491 g/mol. The van der Waals surface area contributed by atoms with Gasteiger partial charge in [-0.2, -0.15) is 13.2 Å². The van der Waals surface area contributed by atoms with Crippen molar-refractivity contribution in [3.8, 4) is 0 Å². The predicted molar refractivity (Wildman–Crippen MR) is 133 cm³/mol. The number of rotatable bonds is 8. The second kappa shape index (κ2) is 14.8. The molecule has 0 aromatic heterocycles. The number of aliphatic carboxylic acids is 2. The molecule has 1 aromatic carbocycles. The summed E-state index contributed by atoms with van der Waals surface area (Å²) in [5.41, 5.74) is 2.95. The topological polar surface area (TPSA) is 128 Å².